The Morgan fingerprint density at radius 1 is 1.07 bits per heavy atom. The molecule has 4 aromatic rings. The number of anilines is 1. The standard InChI is InChI=1S/C18H20N8S/c1-19-17(22-12-16-25-24-15-8-4-5-11-26(15)16)20-9-10-21-18-23-13-6-2-3-7-14(13)27-18/h2-8,11H,9-10,12H2,1H3,(H,21,23)(H2,19,20,22). The van der Waals surface area contributed by atoms with Crippen molar-refractivity contribution in [3.63, 3.8) is 0 Å². The highest BCUT2D eigenvalue weighted by Crippen LogP contribution is 2.24. The highest BCUT2D eigenvalue weighted by molar-refractivity contribution is 7.22. The monoisotopic (exact) mass is 380 g/mol. The number of thiazole rings is 1. The van der Waals surface area contributed by atoms with Crippen LogP contribution in [0.25, 0.3) is 15.9 Å². The maximum absolute atomic E-state index is 4.56. The maximum Gasteiger partial charge on any atom is 0.191 e. The van der Waals surface area contributed by atoms with Crippen molar-refractivity contribution in [3.8, 4) is 0 Å². The second kappa shape index (κ2) is 8.00. The van der Waals surface area contributed by atoms with Crippen molar-refractivity contribution in [2.24, 2.45) is 4.99 Å². The number of aromatic nitrogens is 4. The van der Waals surface area contributed by atoms with E-state index in [0.717, 1.165) is 35.2 Å². The number of hydrogen-bond donors (Lipinski definition) is 3. The van der Waals surface area contributed by atoms with Crippen LogP contribution < -0.4 is 16.0 Å². The lowest BCUT2D eigenvalue weighted by atomic mass is 10.3. The van der Waals surface area contributed by atoms with E-state index < -0.39 is 0 Å². The summed E-state index contributed by atoms with van der Waals surface area (Å²) in [7, 11) is 1.75. The van der Waals surface area contributed by atoms with Crippen LogP contribution in [-0.4, -0.2) is 45.7 Å². The Labute approximate surface area is 160 Å². The number of guanidine groups is 1. The van der Waals surface area contributed by atoms with Crippen LogP contribution in [-0.2, 0) is 6.54 Å². The maximum atomic E-state index is 4.56. The molecule has 138 valence electrons. The molecule has 3 N–H and O–H groups in total. The third-order valence-corrected chi connectivity index (χ3v) is 5.00. The summed E-state index contributed by atoms with van der Waals surface area (Å²) in [5.41, 5.74) is 1.85. The van der Waals surface area contributed by atoms with Gasteiger partial charge < -0.3 is 16.0 Å². The molecule has 0 bridgehead atoms. The first kappa shape index (κ1) is 17.2. The second-order valence-electron chi connectivity index (χ2n) is 5.81. The topological polar surface area (TPSA) is 91.5 Å². The normalized spacial score (nSPS) is 11.8. The number of nitrogens with zero attached hydrogens (tertiary/aromatic N) is 5. The number of rotatable bonds is 6. The Bertz CT molecular complexity index is 1030. The van der Waals surface area contributed by atoms with Crippen molar-refractivity contribution in [1.29, 1.82) is 0 Å². The first-order chi connectivity index (χ1) is 13.3. The molecule has 0 amide bonds. The fraction of sp³-hybridized carbons (Fsp3) is 0.222. The third kappa shape index (κ3) is 3.98. The molecule has 0 spiro atoms. The summed E-state index contributed by atoms with van der Waals surface area (Å²) < 4.78 is 3.14. The summed E-state index contributed by atoms with van der Waals surface area (Å²) in [5, 5.41) is 19.2. The van der Waals surface area contributed by atoms with Crippen LogP contribution in [0.3, 0.4) is 0 Å². The summed E-state index contributed by atoms with van der Waals surface area (Å²) in [6.07, 6.45) is 1.95. The van der Waals surface area contributed by atoms with Crippen molar-refractivity contribution in [2.75, 3.05) is 25.5 Å². The molecule has 3 aromatic heterocycles. The van der Waals surface area contributed by atoms with E-state index in [1.165, 1.54) is 4.70 Å². The first-order valence-corrected chi connectivity index (χ1v) is 9.48. The predicted octanol–water partition coefficient (Wildman–Crippen LogP) is 2.12. The number of nitrogens with one attached hydrogen (secondary N) is 3. The number of aliphatic imine (C=N–C) groups is 1. The van der Waals surface area contributed by atoms with E-state index in [1.54, 1.807) is 18.4 Å². The van der Waals surface area contributed by atoms with Crippen LogP contribution in [0.2, 0.25) is 0 Å². The van der Waals surface area contributed by atoms with Gasteiger partial charge in [-0.05, 0) is 24.3 Å². The average molecular weight is 380 g/mol. The van der Waals surface area contributed by atoms with Crippen LogP contribution in [0.4, 0.5) is 5.13 Å². The van der Waals surface area contributed by atoms with Crippen LogP contribution in [0.1, 0.15) is 5.82 Å². The van der Waals surface area contributed by atoms with Crippen LogP contribution in [0, 0.1) is 0 Å². The number of para-hydroxylation sites is 1. The summed E-state index contributed by atoms with van der Waals surface area (Å²) in [4.78, 5) is 8.81. The van der Waals surface area contributed by atoms with E-state index in [0.29, 0.717) is 12.5 Å². The van der Waals surface area contributed by atoms with Gasteiger partial charge in [0.1, 0.15) is 0 Å². The molecule has 0 fully saturated rings. The Kier molecular flexibility index (Phi) is 5.10. The van der Waals surface area contributed by atoms with E-state index in [-0.39, 0.29) is 0 Å². The third-order valence-electron chi connectivity index (χ3n) is 4.01. The van der Waals surface area contributed by atoms with E-state index >= 15 is 0 Å². The second-order valence-corrected chi connectivity index (χ2v) is 6.84. The Hall–Kier alpha value is -3.20. The van der Waals surface area contributed by atoms with Gasteiger partial charge in [0.15, 0.2) is 22.6 Å². The average Bonchev–Trinajstić information content (AvgIpc) is 3.31. The van der Waals surface area contributed by atoms with Crippen molar-refractivity contribution in [1.82, 2.24) is 30.2 Å². The Morgan fingerprint density at radius 3 is 2.85 bits per heavy atom. The smallest absolute Gasteiger partial charge is 0.191 e. The van der Waals surface area contributed by atoms with Gasteiger partial charge in [0.25, 0.3) is 0 Å². The molecule has 0 atom stereocenters. The van der Waals surface area contributed by atoms with Gasteiger partial charge in [-0.2, -0.15) is 0 Å². The molecule has 3 heterocycles. The molecule has 0 aliphatic carbocycles. The molecule has 4 rings (SSSR count). The highest BCUT2D eigenvalue weighted by atomic mass is 32.1. The van der Waals surface area contributed by atoms with Crippen molar-refractivity contribution in [2.45, 2.75) is 6.54 Å². The molecular weight excluding hydrogens is 360 g/mol. The summed E-state index contributed by atoms with van der Waals surface area (Å²) in [6, 6.07) is 14.0. The zero-order valence-corrected chi connectivity index (χ0v) is 15.7. The van der Waals surface area contributed by atoms with Crippen molar-refractivity contribution < 1.29 is 0 Å². The number of pyridine rings is 1. The Balaban J connectivity index is 1.25. The van der Waals surface area contributed by atoms with E-state index in [4.69, 9.17) is 0 Å². The molecule has 0 aliphatic rings. The zero-order chi connectivity index (χ0) is 18.5. The largest absolute Gasteiger partial charge is 0.360 e. The SMILES string of the molecule is CN=C(NCCNc1nc2ccccc2s1)NCc1nnc2ccccn12. The summed E-state index contributed by atoms with van der Waals surface area (Å²) >= 11 is 1.66. The van der Waals surface area contributed by atoms with Gasteiger partial charge in [0.05, 0.1) is 16.8 Å². The molecule has 0 saturated heterocycles. The van der Waals surface area contributed by atoms with Gasteiger partial charge >= 0.3 is 0 Å². The molecule has 9 heteroatoms. The number of benzene rings is 1. The quantitative estimate of drug-likeness (QED) is 0.270. The molecule has 0 unspecified atom stereocenters. The fourth-order valence-corrected chi connectivity index (χ4v) is 3.58. The lowest BCUT2D eigenvalue weighted by Crippen LogP contribution is -2.39. The van der Waals surface area contributed by atoms with Gasteiger partial charge in [0, 0.05) is 26.3 Å². The lowest BCUT2D eigenvalue weighted by molar-refractivity contribution is 0.765. The molecule has 8 nitrogen and oxygen atoms in total. The molecule has 0 aliphatic heterocycles. The minimum absolute atomic E-state index is 0.538. The predicted molar refractivity (Wildman–Crippen MR) is 109 cm³/mol. The molecule has 27 heavy (non-hydrogen) atoms. The van der Waals surface area contributed by atoms with Crippen LogP contribution >= 0.6 is 11.3 Å². The van der Waals surface area contributed by atoms with Crippen LogP contribution in [0.15, 0.2) is 53.7 Å². The minimum Gasteiger partial charge on any atom is -0.360 e. The lowest BCUT2D eigenvalue weighted by Gasteiger charge is -2.11. The van der Waals surface area contributed by atoms with Crippen molar-refractivity contribution >= 4 is 38.3 Å². The number of hydrogen-bond acceptors (Lipinski definition) is 6. The molecule has 1 aromatic carbocycles. The van der Waals surface area contributed by atoms with E-state index in [2.05, 4.69) is 42.2 Å². The molecular formula is C18H20N8S. The van der Waals surface area contributed by atoms with Gasteiger partial charge in [-0.3, -0.25) is 9.39 Å². The van der Waals surface area contributed by atoms with Gasteiger partial charge in [-0.1, -0.05) is 29.5 Å². The Morgan fingerprint density at radius 2 is 1.96 bits per heavy atom. The minimum atomic E-state index is 0.538. The van der Waals surface area contributed by atoms with Crippen LogP contribution in [0.5, 0.6) is 0 Å². The van der Waals surface area contributed by atoms with E-state index in [1.807, 2.05) is 47.0 Å². The first-order valence-electron chi connectivity index (χ1n) is 8.66. The fourth-order valence-electron chi connectivity index (χ4n) is 2.69. The summed E-state index contributed by atoms with van der Waals surface area (Å²) in [6.45, 7) is 2.00. The van der Waals surface area contributed by atoms with Crippen molar-refractivity contribution in [3.05, 3.63) is 54.5 Å². The number of fused-ring (bicyclic) bond motifs is 2. The van der Waals surface area contributed by atoms with Gasteiger partial charge in [0.2, 0.25) is 0 Å². The summed E-state index contributed by atoms with van der Waals surface area (Å²) in [5.74, 6) is 1.55. The molecule has 0 radical (unpaired) electrons. The molecule has 0 saturated carbocycles. The van der Waals surface area contributed by atoms with Gasteiger partial charge in [-0.25, -0.2) is 4.98 Å². The van der Waals surface area contributed by atoms with E-state index in [9.17, 15) is 0 Å². The van der Waals surface area contributed by atoms with Gasteiger partial charge in [-0.15, -0.1) is 10.2 Å². The zero-order valence-electron chi connectivity index (χ0n) is 14.9. The highest BCUT2D eigenvalue weighted by Gasteiger charge is 2.06.